The number of nitrogens with one attached hydrogen (secondary N) is 1. The maximum Gasteiger partial charge on any atom is 0.253 e. The normalized spacial score (nSPS) is 21.3. The van der Waals surface area contributed by atoms with E-state index in [-0.39, 0.29) is 11.9 Å². The second kappa shape index (κ2) is 10.2. The number of aliphatic hydroxyl groups excluding tert-OH is 1. The van der Waals surface area contributed by atoms with Crippen LogP contribution in [0.1, 0.15) is 50.4 Å². The van der Waals surface area contributed by atoms with Crippen LogP contribution in [0.2, 0.25) is 0 Å². The molecule has 5 heteroatoms. The second-order valence-corrected chi connectivity index (χ2v) is 7.31. The quantitative estimate of drug-likeness (QED) is 0.737. The highest BCUT2D eigenvalue weighted by molar-refractivity contribution is 5.94. The minimum Gasteiger partial charge on any atom is -0.390 e. The van der Waals surface area contributed by atoms with Gasteiger partial charge in [-0.25, -0.2) is 0 Å². The number of piperidine rings is 1. The first-order valence-corrected chi connectivity index (χ1v) is 9.36. The van der Waals surface area contributed by atoms with Crippen molar-refractivity contribution >= 4 is 5.91 Å². The van der Waals surface area contributed by atoms with Crippen molar-refractivity contribution in [2.24, 2.45) is 0 Å². The number of aromatic nitrogens is 1. The lowest BCUT2D eigenvalue weighted by Crippen LogP contribution is -2.54. The maximum absolute atomic E-state index is 12.2. The Kier molecular flexibility index (Phi) is 8.01. The highest BCUT2D eigenvalue weighted by Crippen LogP contribution is 2.13. The molecule has 0 radical (unpaired) electrons. The number of rotatable bonds is 7. The zero-order valence-corrected chi connectivity index (χ0v) is 16.1. The smallest absolute Gasteiger partial charge is 0.253 e. The monoisotopic (exact) mass is 357 g/mol. The van der Waals surface area contributed by atoms with E-state index in [0.717, 1.165) is 32.4 Å². The molecule has 26 heavy (non-hydrogen) atoms. The third-order valence-corrected chi connectivity index (χ3v) is 4.70. The van der Waals surface area contributed by atoms with E-state index in [1.165, 1.54) is 11.1 Å². The number of carbonyl (C=O) groups excluding carboxylic acids is 1. The van der Waals surface area contributed by atoms with Gasteiger partial charge in [0.1, 0.15) is 0 Å². The number of carbonyl (C=O) groups is 1. The van der Waals surface area contributed by atoms with Gasteiger partial charge in [-0.15, -0.1) is 0 Å². The van der Waals surface area contributed by atoms with Crippen LogP contribution in [-0.2, 0) is 0 Å². The third-order valence-electron chi connectivity index (χ3n) is 4.70. The van der Waals surface area contributed by atoms with Crippen molar-refractivity contribution < 1.29 is 9.90 Å². The topological polar surface area (TPSA) is 65.5 Å². The number of likely N-dealkylation sites (tertiary alicyclic amines) is 1. The minimum atomic E-state index is -0.552. The molecular weight excluding hydrogens is 326 g/mol. The molecule has 0 aliphatic carbocycles. The summed E-state index contributed by atoms with van der Waals surface area (Å²) in [5.74, 6) is -0.175. The molecule has 1 aliphatic rings. The molecular formula is C21H31N3O2. The Morgan fingerprint density at radius 1 is 1.38 bits per heavy atom. The summed E-state index contributed by atoms with van der Waals surface area (Å²) >= 11 is 0. The maximum atomic E-state index is 12.2. The van der Waals surface area contributed by atoms with Gasteiger partial charge in [-0.1, -0.05) is 23.3 Å². The van der Waals surface area contributed by atoms with E-state index in [1.807, 2.05) is 0 Å². The van der Waals surface area contributed by atoms with Crippen molar-refractivity contribution in [3.63, 3.8) is 0 Å². The summed E-state index contributed by atoms with van der Waals surface area (Å²) in [6.07, 6.45) is 10.0. The summed E-state index contributed by atoms with van der Waals surface area (Å²) in [5, 5.41) is 13.3. The lowest BCUT2D eigenvalue weighted by molar-refractivity contribution is 0.0421. The number of allylic oxidation sites excluding steroid dienone is 3. The first-order valence-electron chi connectivity index (χ1n) is 9.36. The molecule has 1 aromatic rings. The van der Waals surface area contributed by atoms with Gasteiger partial charge in [0.2, 0.25) is 0 Å². The van der Waals surface area contributed by atoms with Crippen LogP contribution in [0.15, 0.2) is 47.8 Å². The molecule has 0 bridgehead atoms. The second-order valence-electron chi connectivity index (χ2n) is 7.31. The Labute approximate surface area is 156 Å². The Balaban J connectivity index is 1.77. The van der Waals surface area contributed by atoms with E-state index in [1.54, 1.807) is 24.5 Å². The van der Waals surface area contributed by atoms with Crippen molar-refractivity contribution in [3.8, 4) is 0 Å². The Hall–Kier alpha value is -1.98. The van der Waals surface area contributed by atoms with Crippen molar-refractivity contribution in [2.75, 3.05) is 19.6 Å². The van der Waals surface area contributed by atoms with Crippen molar-refractivity contribution in [1.82, 2.24) is 15.2 Å². The Morgan fingerprint density at radius 2 is 2.19 bits per heavy atom. The third kappa shape index (κ3) is 6.73. The van der Waals surface area contributed by atoms with E-state index >= 15 is 0 Å². The molecule has 5 nitrogen and oxygen atoms in total. The Morgan fingerprint density at radius 3 is 2.85 bits per heavy atom. The fourth-order valence-electron chi connectivity index (χ4n) is 3.06. The minimum absolute atomic E-state index is 0.175. The van der Waals surface area contributed by atoms with Gasteiger partial charge < -0.3 is 10.4 Å². The molecule has 1 aromatic heterocycles. The van der Waals surface area contributed by atoms with Crippen LogP contribution >= 0.6 is 0 Å². The fourth-order valence-corrected chi connectivity index (χ4v) is 3.06. The largest absolute Gasteiger partial charge is 0.390 e. The number of amides is 1. The summed E-state index contributed by atoms with van der Waals surface area (Å²) < 4.78 is 0. The van der Waals surface area contributed by atoms with Crippen molar-refractivity contribution in [3.05, 3.63) is 53.4 Å². The summed E-state index contributed by atoms with van der Waals surface area (Å²) in [6.45, 7) is 8.70. The van der Waals surface area contributed by atoms with Gasteiger partial charge in [0.15, 0.2) is 0 Å². The van der Waals surface area contributed by atoms with Crippen LogP contribution in [0.3, 0.4) is 0 Å². The summed E-state index contributed by atoms with van der Waals surface area (Å²) in [6, 6.07) is 3.26. The van der Waals surface area contributed by atoms with Crippen LogP contribution in [0.4, 0.5) is 0 Å². The molecule has 2 rings (SSSR count). The molecule has 1 saturated heterocycles. The predicted molar refractivity (Wildman–Crippen MR) is 105 cm³/mol. The molecule has 2 N–H and O–H groups in total. The summed E-state index contributed by atoms with van der Waals surface area (Å²) in [7, 11) is 0. The van der Waals surface area contributed by atoms with Crippen LogP contribution in [0, 0.1) is 0 Å². The zero-order valence-electron chi connectivity index (χ0n) is 16.1. The summed E-state index contributed by atoms with van der Waals surface area (Å²) in [4.78, 5) is 18.4. The van der Waals surface area contributed by atoms with Crippen LogP contribution in [0.25, 0.3) is 0 Å². The van der Waals surface area contributed by atoms with Gasteiger partial charge in [-0.05, 0) is 52.2 Å². The standard InChI is InChI=1S/C21H31N3O2/c1-16(2)6-4-7-17(3)9-12-24-13-10-19(20(25)15-24)23-21(26)18-8-5-11-22-14-18/h5-6,8-9,11,14,19-20,25H,4,7,10,12-13,15H2,1-3H3,(H,23,26)/b17-9+/t19-,20-/m1/s1. The van der Waals surface area contributed by atoms with Gasteiger partial charge in [0.05, 0.1) is 17.7 Å². The number of hydrogen-bond donors (Lipinski definition) is 2. The first kappa shape index (κ1) is 20.3. The van der Waals surface area contributed by atoms with E-state index in [2.05, 4.69) is 48.1 Å². The summed E-state index contributed by atoms with van der Waals surface area (Å²) in [5.41, 5.74) is 3.26. The number of nitrogens with zero attached hydrogens (tertiary/aromatic N) is 2. The van der Waals surface area contributed by atoms with Gasteiger partial charge in [0.25, 0.3) is 5.91 Å². The fraction of sp³-hybridized carbons (Fsp3) is 0.524. The SMILES string of the molecule is CC(C)=CCC/C(C)=C/CN1CC[C@@H](NC(=O)c2cccnc2)[C@H](O)C1. The number of hydrogen-bond acceptors (Lipinski definition) is 4. The van der Waals surface area contributed by atoms with Gasteiger partial charge in [0, 0.05) is 32.0 Å². The molecule has 2 heterocycles. The molecule has 0 saturated carbocycles. The van der Waals surface area contributed by atoms with Crippen molar-refractivity contribution in [1.29, 1.82) is 0 Å². The Bertz CT molecular complexity index is 636. The van der Waals surface area contributed by atoms with Crippen molar-refractivity contribution in [2.45, 2.75) is 52.2 Å². The molecule has 0 spiro atoms. The number of pyridine rings is 1. The lowest BCUT2D eigenvalue weighted by atomic mass is 10.0. The molecule has 142 valence electrons. The number of β-amino-alcohol motifs (C(OH)–C–C–N with tert-alkyl or cyclic N) is 1. The van der Waals surface area contributed by atoms with Crippen LogP contribution in [-0.4, -0.2) is 52.7 Å². The molecule has 1 aliphatic heterocycles. The van der Waals surface area contributed by atoms with E-state index in [9.17, 15) is 9.90 Å². The highest BCUT2D eigenvalue weighted by atomic mass is 16.3. The first-order chi connectivity index (χ1) is 12.5. The average Bonchev–Trinajstić information content (AvgIpc) is 2.62. The van der Waals surface area contributed by atoms with Crippen LogP contribution < -0.4 is 5.32 Å². The number of aliphatic hydroxyl groups is 1. The highest BCUT2D eigenvalue weighted by Gasteiger charge is 2.28. The van der Waals surface area contributed by atoms with Crippen LogP contribution in [0.5, 0.6) is 0 Å². The van der Waals surface area contributed by atoms with E-state index < -0.39 is 6.10 Å². The zero-order chi connectivity index (χ0) is 18.9. The molecule has 0 unspecified atom stereocenters. The van der Waals surface area contributed by atoms with Gasteiger partial charge in [-0.3, -0.25) is 14.7 Å². The van der Waals surface area contributed by atoms with E-state index in [0.29, 0.717) is 12.1 Å². The molecule has 0 aromatic carbocycles. The lowest BCUT2D eigenvalue weighted by Gasteiger charge is -2.35. The van der Waals surface area contributed by atoms with Gasteiger partial charge in [-0.2, -0.15) is 0 Å². The molecule has 1 amide bonds. The van der Waals surface area contributed by atoms with Gasteiger partial charge >= 0.3 is 0 Å². The molecule has 2 atom stereocenters. The average molecular weight is 357 g/mol. The van der Waals surface area contributed by atoms with E-state index in [4.69, 9.17) is 0 Å². The molecule has 1 fully saturated rings. The predicted octanol–water partition coefficient (Wildman–Crippen LogP) is 2.94.